The van der Waals surface area contributed by atoms with Crippen LogP contribution in [0, 0.1) is 0 Å². The molecule has 0 saturated heterocycles. The lowest BCUT2D eigenvalue weighted by molar-refractivity contribution is 0.346. The predicted molar refractivity (Wildman–Crippen MR) is 119 cm³/mol. The van der Waals surface area contributed by atoms with Gasteiger partial charge < -0.3 is 24.7 Å². The number of nitrogens with zero attached hydrogens (tertiary/aromatic N) is 3. The van der Waals surface area contributed by atoms with Gasteiger partial charge in [-0.3, -0.25) is 4.99 Å². The van der Waals surface area contributed by atoms with E-state index in [1.54, 1.807) is 14.2 Å². The third-order valence-electron chi connectivity index (χ3n) is 5.54. The molecule has 0 fully saturated rings. The lowest BCUT2D eigenvalue weighted by atomic mass is 9.99. The molecule has 1 aliphatic heterocycles. The topological polar surface area (TPSA) is 74.8 Å². The van der Waals surface area contributed by atoms with Crippen LogP contribution in [0.15, 0.2) is 41.4 Å². The monoisotopic (exact) mass is 407 g/mol. The van der Waals surface area contributed by atoms with Gasteiger partial charge in [0.05, 0.1) is 25.3 Å². The zero-order chi connectivity index (χ0) is 20.9. The molecule has 2 aromatic carbocycles. The number of para-hydroxylation sites is 2. The summed E-state index contributed by atoms with van der Waals surface area (Å²) in [6, 6.07) is 12.3. The molecule has 0 atom stereocenters. The Balaban J connectivity index is 1.33. The number of aliphatic imine (C=N–C) groups is 1. The molecule has 0 aliphatic carbocycles. The van der Waals surface area contributed by atoms with Crippen LogP contribution in [-0.4, -0.2) is 55.2 Å². The van der Waals surface area contributed by atoms with Gasteiger partial charge in [0.1, 0.15) is 5.82 Å². The molecule has 3 aromatic rings. The van der Waals surface area contributed by atoms with Crippen molar-refractivity contribution in [3.05, 3.63) is 53.3 Å². The highest BCUT2D eigenvalue weighted by atomic mass is 16.5. The van der Waals surface area contributed by atoms with Gasteiger partial charge in [-0.25, -0.2) is 4.98 Å². The molecule has 1 aliphatic rings. The van der Waals surface area contributed by atoms with E-state index >= 15 is 0 Å². The molecular weight excluding hydrogens is 378 g/mol. The van der Waals surface area contributed by atoms with E-state index in [0.717, 1.165) is 73.2 Å². The van der Waals surface area contributed by atoms with E-state index in [1.165, 1.54) is 11.1 Å². The second-order valence-electron chi connectivity index (χ2n) is 7.43. The van der Waals surface area contributed by atoms with Crippen LogP contribution in [0.1, 0.15) is 23.4 Å². The molecule has 0 radical (unpaired) electrons. The van der Waals surface area contributed by atoms with Crippen LogP contribution in [-0.2, 0) is 19.4 Å². The number of benzene rings is 2. The molecule has 1 aromatic heterocycles. The maximum atomic E-state index is 5.47. The van der Waals surface area contributed by atoms with Crippen molar-refractivity contribution in [1.29, 1.82) is 0 Å². The van der Waals surface area contributed by atoms with Gasteiger partial charge in [0.2, 0.25) is 0 Å². The summed E-state index contributed by atoms with van der Waals surface area (Å²) in [5.74, 6) is 3.52. The number of aromatic amines is 1. The minimum atomic E-state index is 0.770. The van der Waals surface area contributed by atoms with E-state index in [4.69, 9.17) is 9.47 Å². The summed E-state index contributed by atoms with van der Waals surface area (Å²) in [6.07, 6.45) is 2.84. The van der Waals surface area contributed by atoms with Crippen LogP contribution >= 0.6 is 0 Å². The predicted octanol–water partition coefficient (Wildman–Crippen LogP) is 3.15. The molecule has 2 heterocycles. The Hall–Kier alpha value is -3.22. The van der Waals surface area contributed by atoms with E-state index in [2.05, 4.69) is 43.4 Å². The van der Waals surface area contributed by atoms with Gasteiger partial charge in [0.25, 0.3) is 0 Å². The van der Waals surface area contributed by atoms with Crippen molar-refractivity contribution in [2.75, 3.05) is 34.4 Å². The molecule has 0 bridgehead atoms. The van der Waals surface area contributed by atoms with Gasteiger partial charge in [0, 0.05) is 33.1 Å². The van der Waals surface area contributed by atoms with Gasteiger partial charge in [-0.1, -0.05) is 12.1 Å². The lowest BCUT2D eigenvalue weighted by Crippen LogP contribution is -2.44. The quantitative estimate of drug-likeness (QED) is 0.373. The van der Waals surface area contributed by atoms with E-state index in [-0.39, 0.29) is 0 Å². The standard InChI is InChI=1S/C23H29N5O2/c1-24-23(25-11-6-9-22-26-18-7-4-5-8-19(18)27-22)28-12-10-16-13-20(29-2)21(30-3)14-17(16)15-28/h4-5,7-8,13-14H,6,9-12,15H2,1-3H3,(H,24,25)(H,26,27). The number of aromatic nitrogens is 2. The Labute approximate surface area is 177 Å². The fourth-order valence-electron chi connectivity index (χ4n) is 3.98. The summed E-state index contributed by atoms with van der Waals surface area (Å²) in [5.41, 5.74) is 4.68. The molecule has 7 nitrogen and oxygen atoms in total. The summed E-state index contributed by atoms with van der Waals surface area (Å²) < 4.78 is 10.9. The van der Waals surface area contributed by atoms with E-state index in [9.17, 15) is 0 Å². The van der Waals surface area contributed by atoms with Crippen LogP contribution in [0.4, 0.5) is 0 Å². The number of H-pyrrole nitrogens is 1. The number of ether oxygens (including phenoxy) is 2. The van der Waals surface area contributed by atoms with Crippen molar-refractivity contribution in [1.82, 2.24) is 20.2 Å². The molecular formula is C23H29N5O2. The third-order valence-corrected chi connectivity index (χ3v) is 5.54. The smallest absolute Gasteiger partial charge is 0.193 e. The minimum absolute atomic E-state index is 0.770. The summed E-state index contributed by atoms with van der Waals surface area (Å²) in [5, 5.41) is 3.50. The third kappa shape index (κ3) is 4.20. The first-order chi connectivity index (χ1) is 14.7. The Morgan fingerprint density at radius 2 is 1.93 bits per heavy atom. The molecule has 0 amide bonds. The summed E-state index contributed by atoms with van der Waals surface area (Å²) in [7, 11) is 5.19. The maximum absolute atomic E-state index is 5.47. The molecule has 158 valence electrons. The summed E-state index contributed by atoms with van der Waals surface area (Å²) >= 11 is 0. The van der Waals surface area contributed by atoms with Crippen LogP contribution in [0.2, 0.25) is 0 Å². The molecule has 0 spiro atoms. The minimum Gasteiger partial charge on any atom is -0.493 e. The second-order valence-corrected chi connectivity index (χ2v) is 7.43. The zero-order valence-electron chi connectivity index (χ0n) is 17.9. The van der Waals surface area contributed by atoms with Crippen molar-refractivity contribution in [3.8, 4) is 11.5 Å². The molecule has 0 unspecified atom stereocenters. The highest BCUT2D eigenvalue weighted by molar-refractivity contribution is 5.80. The van der Waals surface area contributed by atoms with Crippen LogP contribution < -0.4 is 14.8 Å². The number of rotatable bonds is 6. The van der Waals surface area contributed by atoms with Gasteiger partial charge >= 0.3 is 0 Å². The summed E-state index contributed by atoms with van der Waals surface area (Å²) in [6.45, 7) is 2.57. The zero-order valence-corrected chi connectivity index (χ0v) is 17.9. The lowest BCUT2D eigenvalue weighted by Gasteiger charge is -2.32. The second kappa shape index (κ2) is 9.07. The number of hydrogen-bond donors (Lipinski definition) is 2. The van der Waals surface area contributed by atoms with E-state index < -0.39 is 0 Å². The fourth-order valence-corrected chi connectivity index (χ4v) is 3.98. The van der Waals surface area contributed by atoms with Crippen molar-refractivity contribution in [2.45, 2.75) is 25.8 Å². The normalized spacial score (nSPS) is 14.0. The van der Waals surface area contributed by atoms with Gasteiger partial charge in [-0.05, 0) is 48.2 Å². The number of nitrogens with one attached hydrogen (secondary N) is 2. The Bertz CT molecular complexity index is 1010. The van der Waals surface area contributed by atoms with Gasteiger partial charge in [-0.15, -0.1) is 0 Å². The van der Waals surface area contributed by atoms with E-state index in [1.807, 2.05) is 25.2 Å². The van der Waals surface area contributed by atoms with Crippen molar-refractivity contribution in [2.24, 2.45) is 4.99 Å². The molecule has 0 saturated carbocycles. The van der Waals surface area contributed by atoms with E-state index in [0.29, 0.717) is 0 Å². The Morgan fingerprint density at radius 1 is 1.17 bits per heavy atom. The van der Waals surface area contributed by atoms with Crippen molar-refractivity contribution < 1.29 is 9.47 Å². The number of imidazole rings is 1. The Kier molecular flexibility index (Phi) is 6.07. The van der Waals surface area contributed by atoms with Crippen LogP contribution in [0.25, 0.3) is 11.0 Å². The highest BCUT2D eigenvalue weighted by Crippen LogP contribution is 2.33. The number of methoxy groups -OCH3 is 2. The first-order valence-electron chi connectivity index (χ1n) is 10.3. The van der Waals surface area contributed by atoms with Gasteiger partial charge in [0.15, 0.2) is 17.5 Å². The van der Waals surface area contributed by atoms with Crippen LogP contribution in [0.5, 0.6) is 11.5 Å². The SMILES string of the molecule is CN=C(NCCCc1nc2ccccc2[nH]1)N1CCc2cc(OC)c(OC)cc2C1. The fraction of sp³-hybridized carbons (Fsp3) is 0.391. The number of fused-ring (bicyclic) bond motifs is 2. The number of guanidine groups is 1. The van der Waals surface area contributed by atoms with Crippen LogP contribution in [0.3, 0.4) is 0 Å². The van der Waals surface area contributed by atoms with Crippen molar-refractivity contribution in [3.63, 3.8) is 0 Å². The molecule has 7 heteroatoms. The average molecular weight is 408 g/mol. The Morgan fingerprint density at radius 3 is 2.67 bits per heavy atom. The maximum Gasteiger partial charge on any atom is 0.193 e. The number of aryl methyl sites for hydroxylation is 1. The van der Waals surface area contributed by atoms with Crippen molar-refractivity contribution >= 4 is 17.0 Å². The van der Waals surface area contributed by atoms with Gasteiger partial charge in [-0.2, -0.15) is 0 Å². The molecule has 2 N–H and O–H groups in total. The molecule has 30 heavy (non-hydrogen) atoms. The average Bonchev–Trinajstić information content (AvgIpc) is 3.20. The largest absolute Gasteiger partial charge is 0.493 e. The highest BCUT2D eigenvalue weighted by Gasteiger charge is 2.21. The molecule has 4 rings (SSSR count). The first-order valence-corrected chi connectivity index (χ1v) is 10.3. The summed E-state index contributed by atoms with van der Waals surface area (Å²) in [4.78, 5) is 14.8. The first kappa shape index (κ1) is 20.1. The number of hydrogen-bond acceptors (Lipinski definition) is 4.